The molecule has 0 unspecified atom stereocenters. The molecule has 0 bridgehead atoms. The van der Waals surface area contributed by atoms with Crippen LogP contribution in [-0.4, -0.2) is 35.5 Å². The summed E-state index contributed by atoms with van der Waals surface area (Å²) in [5.74, 6) is 0.441. The van der Waals surface area contributed by atoms with Gasteiger partial charge in [-0.25, -0.2) is 0 Å². The molecule has 0 atom stereocenters. The summed E-state index contributed by atoms with van der Waals surface area (Å²) in [7, 11) is 0.646. The van der Waals surface area contributed by atoms with Crippen molar-refractivity contribution < 1.29 is 13.3 Å². The van der Waals surface area contributed by atoms with Gasteiger partial charge in [0.05, 0.1) is 6.61 Å². The lowest BCUT2D eigenvalue weighted by Gasteiger charge is -2.26. The van der Waals surface area contributed by atoms with Crippen LogP contribution in [0.2, 0.25) is 0 Å². The molecule has 1 aromatic rings. The second kappa shape index (κ2) is 7.03. The number of rotatable bonds is 7. The molecule has 0 saturated heterocycles. The van der Waals surface area contributed by atoms with Crippen LogP contribution in [0.15, 0.2) is 30.3 Å². The molecule has 1 aromatic carbocycles. The monoisotopic (exact) mass is 260 g/mol. The molecule has 90 valence electrons. The zero-order valence-electron chi connectivity index (χ0n) is 9.61. The fraction of sp³-hybridized carbons (Fsp3) is 0.455. The predicted molar refractivity (Wildman–Crippen MR) is 66.6 cm³/mol. The van der Waals surface area contributed by atoms with E-state index in [0.717, 1.165) is 5.56 Å². The van der Waals surface area contributed by atoms with Crippen LogP contribution in [0.3, 0.4) is 0 Å². The molecule has 0 amide bonds. The molecule has 0 aliphatic carbocycles. The molecule has 0 N–H and O–H groups in total. The van der Waals surface area contributed by atoms with Gasteiger partial charge in [0.15, 0.2) is 0 Å². The molecule has 0 aromatic heterocycles. The van der Waals surface area contributed by atoms with Gasteiger partial charge < -0.3 is 13.3 Å². The van der Waals surface area contributed by atoms with Gasteiger partial charge in [-0.15, -0.1) is 11.6 Å². The van der Waals surface area contributed by atoms with Gasteiger partial charge in [-0.2, -0.15) is 0 Å². The standard InChI is InChI=1S/C11H17ClO3Si/c1-13-16(14-2,15-9-8-12)10-11-6-4-3-5-7-11/h3-7H,8-10H2,1-2H3. The van der Waals surface area contributed by atoms with E-state index in [0.29, 0.717) is 18.5 Å². The number of halogens is 1. The van der Waals surface area contributed by atoms with Crippen LogP contribution in [-0.2, 0) is 19.3 Å². The highest BCUT2D eigenvalue weighted by atomic mass is 35.5. The van der Waals surface area contributed by atoms with Gasteiger partial charge >= 0.3 is 8.80 Å². The second-order valence-corrected chi connectivity index (χ2v) is 6.49. The summed E-state index contributed by atoms with van der Waals surface area (Å²) in [6, 6.07) is 10.7. The van der Waals surface area contributed by atoms with E-state index in [2.05, 4.69) is 0 Å². The Morgan fingerprint density at radius 3 is 2.25 bits per heavy atom. The fourth-order valence-electron chi connectivity index (χ4n) is 1.44. The van der Waals surface area contributed by atoms with Crippen LogP contribution in [0.1, 0.15) is 5.56 Å². The van der Waals surface area contributed by atoms with Crippen molar-refractivity contribution in [1.82, 2.24) is 0 Å². The molecule has 5 heteroatoms. The van der Waals surface area contributed by atoms with E-state index >= 15 is 0 Å². The van der Waals surface area contributed by atoms with Gasteiger partial charge in [0, 0.05) is 26.1 Å². The molecule has 0 fully saturated rings. The molecule has 0 aliphatic rings. The number of hydrogen-bond acceptors (Lipinski definition) is 3. The first-order valence-electron chi connectivity index (χ1n) is 5.10. The van der Waals surface area contributed by atoms with Crippen molar-refractivity contribution in [2.75, 3.05) is 26.7 Å². The van der Waals surface area contributed by atoms with E-state index in [1.165, 1.54) is 0 Å². The van der Waals surface area contributed by atoms with Crippen molar-refractivity contribution in [3.8, 4) is 0 Å². The summed E-state index contributed by atoms with van der Waals surface area (Å²) < 4.78 is 16.5. The van der Waals surface area contributed by atoms with Crippen molar-refractivity contribution in [2.45, 2.75) is 6.04 Å². The van der Waals surface area contributed by atoms with Crippen molar-refractivity contribution in [3.63, 3.8) is 0 Å². The zero-order chi connectivity index (χ0) is 11.9. The first-order valence-corrected chi connectivity index (χ1v) is 7.57. The van der Waals surface area contributed by atoms with E-state index in [1.54, 1.807) is 14.2 Å². The summed E-state index contributed by atoms with van der Waals surface area (Å²) >= 11 is 5.61. The molecular weight excluding hydrogens is 244 g/mol. The smallest absolute Gasteiger partial charge is 0.377 e. The van der Waals surface area contributed by atoms with Crippen LogP contribution in [0.25, 0.3) is 0 Å². The normalized spacial score (nSPS) is 11.7. The summed E-state index contributed by atoms with van der Waals surface area (Å²) in [6.45, 7) is 0.447. The molecular formula is C11H17ClO3Si. The third-order valence-corrected chi connectivity index (χ3v) is 5.17. The Labute approximate surface area is 103 Å². The summed E-state index contributed by atoms with van der Waals surface area (Å²) in [4.78, 5) is 0. The molecule has 0 aliphatic heterocycles. The molecule has 0 saturated carbocycles. The lowest BCUT2D eigenvalue weighted by Crippen LogP contribution is -2.47. The van der Waals surface area contributed by atoms with Crippen molar-refractivity contribution >= 4 is 20.4 Å². The Hall–Kier alpha value is -0.393. The minimum Gasteiger partial charge on any atom is -0.377 e. The highest BCUT2D eigenvalue weighted by molar-refractivity contribution is 6.60. The van der Waals surface area contributed by atoms with Crippen molar-refractivity contribution in [3.05, 3.63) is 35.9 Å². The quantitative estimate of drug-likeness (QED) is 0.556. The predicted octanol–water partition coefficient (Wildman–Crippen LogP) is 2.26. The van der Waals surface area contributed by atoms with E-state index in [9.17, 15) is 0 Å². The van der Waals surface area contributed by atoms with Crippen LogP contribution in [0, 0.1) is 0 Å². The first-order chi connectivity index (χ1) is 7.76. The third-order valence-electron chi connectivity index (χ3n) is 2.28. The highest BCUT2D eigenvalue weighted by Gasteiger charge is 2.39. The van der Waals surface area contributed by atoms with Gasteiger partial charge in [0.25, 0.3) is 0 Å². The van der Waals surface area contributed by atoms with Gasteiger partial charge in [-0.1, -0.05) is 30.3 Å². The van der Waals surface area contributed by atoms with Crippen LogP contribution < -0.4 is 0 Å². The second-order valence-electron chi connectivity index (χ2n) is 3.29. The maximum atomic E-state index is 5.64. The SMILES string of the molecule is CO[Si](Cc1ccccc1)(OC)OCCCl. The zero-order valence-corrected chi connectivity index (χ0v) is 11.4. The Bertz CT molecular complexity index is 291. The van der Waals surface area contributed by atoms with E-state index in [4.69, 9.17) is 24.9 Å². The van der Waals surface area contributed by atoms with E-state index in [1.807, 2.05) is 30.3 Å². The Balaban J connectivity index is 2.70. The minimum absolute atomic E-state index is 0.441. The highest BCUT2D eigenvalue weighted by Crippen LogP contribution is 2.15. The topological polar surface area (TPSA) is 27.7 Å². The fourth-order valence-corrected chi connectivity index (χ4v) is 3.58. The van der Waals surface area contributed by atoms with E-state index in [-0.39, 0.29) is 0 Å². The minimum atomic E-state index is -2.59. The maximum Gasteiger partial charge on any atom is 0.505 e. The average molecular weight is 261 g/mol. The third kappa shape index (κ3) is 3.88. The molecule has 1 rings (SSSR count). The van der Waals surface area contributed by atoms with Crippen LogP contribution in [0.4, 0.5) is 0 Å². The Morgan fingerprint density at radius 2 is 1.75 bits per heavy atom. The van der Waals surface area contributed by atoms with Crippen LogP contribution >= 0.6 is 11.6 Å². The molecule has 0 radical (unpaired) electrons. The first kappa shape index (κ1) is 13.7. The van der Waals surface area contributed by atoms with Crippen molar-refractivity contribution in [1.29, 1.82) is 0 Å². The van der Waals surface area contributed by atoms with Gasteiger partial charge in [-0.05, 0) is 5.56 Å². The Morgan fingerprint density at radius 1 is 1.12 bits per heavy atom. The summed E-state index contributed by atoms with van der Waals surface area (Å²) in [6.07, 6.45) is 0. The number of benzene rings is 1. The molecule has 3 nitrogen and oxygen atoms in total. The summed E-state index contributed by atoms with van der Waals surface area (Å²) in [5.41, 5.74) is 1.15. The lowest BCUT2D eigenvalue weighted by molar-refractivity contribution is 0.104. The van der Waals surface area contributed by atoms with E-state index < -0.39 is 8.80 Å². The molecule has 0 heterocycles. The largest absolute Gasteiger partial charge is 0.505 e. The lowest BCUT2D eigenvalue weighted by atomic mass is 10.2. The number of hydrogen-bond donors (Lipinski definition) is 0. The van der Waals surface area contributed by atoms with Gasteiger partial charge in [0.2, 0.25) is 0 Å². The summed E-state index contributed by atoms with van der Waals surface area (Å²) in [5, 5.41) is 0. The van der Waals surface area contributed by atoms with Crippen molar-refractivity contribution in [2.24, 2.45) is 0 Å². The molecule has 0 spiro atoms. The number of alkyl halides is 1. The van der Waals surface area contributed by atoms with Gasteiger partial charge in [-0.3, -0.25) is 0 Å². The average Bonchev–Trinajstić information content (AvgIpc) is 2.36. The maximum absolute atomic E-state index is 5.64. The Kier molecular flexibility index (Phi) is 6.01. The van der Waals surface area contributed by atoms with Gasteiger partial charge in [0.1, 0.15) is 0 Å². The van der Waals surface area contributed by atoms with Crippen LogP contribution in [0.5, 0.6) is 0 Å². The molecule has 16 heavy (non-hydrogen) atoms.